The van der Waals surface area contributed by atoms with Gasteiger partial charge in [-0.15, -0.1) is 12.4 Å². The van der Waals surface area contributed by atoms with Gasteiger partial charge in [-0.05, 0) is 56.4 Å². The molecule has 104 valence electrons. The zero-order chi connectivity index (χ0) is 13.0. The van der Waals surface area contributed by atoms with E-state index in [1.165, 1.54) is 11.1 Å². The van der Waals surface area contributed by atoms with Crippen molar-refractivity contribution in [3.8, 4) is 5.75 Å². The molecule has 2 nitrogen and oxygen atoms in total. The maximum absolute atomic E-state index is 6.26. The molecule has 1 atom stereocenters. The van der Waals surface area contributed by atoms with E-state index < -0.39 is 0 Å². The summed E-state index contributed by atoms with van der Waals surface area (Å²) in [6.07, 6.45) is 1.83. The van der Waals surface area contributed by atoms with Crippen molar-refractivity contribution in [2.75, 3.05) is 6.61 Å². The number of halogens is 2. The number of benzene rings is 1. The summed E-state index contributed by atoms with van der Waals surface area (Å²) in [4.78, 5) is 0. The SMILES string of the molecule is CCCOc1c(Cl)cc(CC(C)N)c(C)c1C.Cl. The van der Waals surface area contributed by atoms with E-state index in [1.54, 1.807) is 0 Å². The lowest BCUT2D eigenvalue weighted by molar-refractivity contribution is 0.315. The molecule has 0 aliphatic heterocycles. The summed E-state index contributed by atoms with van der Waals surface area (Å²) in [5.74, 6) is 0.819. The molecule has 0 aromatic heterocycles. The summed E-state index contributed by atoms with van der Waals surface area (Å²) in [7, 11) is 0. The summed E-state index contributed by atoms with van der Waals surface area (Å²) >= 11 is 6.26. The highest BCUT2D eigenvalue weighted by atomic mass is 35.5. The van der Waals surface area contributed by atoms with E-state index in [1.807, 2.05) is 13.0 Å². The van der Waals surface area contributed by atoms with Gasteiger partial charge in [0.15, 0.2) is 0 Å². The van der Waals surface area contributed by atoms with E-state index in [-0.39, 0.29) is 18.4 Å². The Balaban J connectivity index is 0.00000289. The molecule has 0 aliphatic rings. The van der Waals surface area contributed by atoms with Crippen LogP contribution in [0.2, 0.25) is 5.02 Å². The first kappa shape index (κ1) is 17.6. The van der Waals surface area contributed by atoms with Gasteiger partial charge >= 0.3 is 0 Å². The van der Waals surface area contributed by atoms with E-state index in [9.17, 15) is 0 Å². The van der Waals surface area contributed by atoms with Crippen LogP contribution in [0.3, 0.4) is 0 Å². The zero-order valence-corrected chi connectivity index (χ0v) is 13.1. The molecule has 1 aromatic carbocycles. The standard InChI is InChI=1S/C14H22ClNO.ClH/c1-5-6-17-14-11(4)10(3)12(7-9(2)16)8-13(14)15;/h8-9H,5-7,16H2,1-4H3;1H. The van der Waals surface area contributed by atoms with Crippen molar-refractivity contribution >= 4 is 24.0 Å². The number of rotatable bonds is 5. The summed E-state index contributed by atoms with van der Waals surface area (Å²) < 4.78 is 5.69. The van der Waals surface area contributed by atoms with Crippen molar-refractivity contribution in [1.82, 2.24) is 0 Å². The molecule has 2 N–H and O–H groups in total. The van der Waals surface area contributed by atoms with Crippen LogP contribution in [0.15, 0.2) is 6.07 Å². The average molecular weight is 292 g/mol. The van der Waals surface area contributed by atoms with Gasteiger partial charge in [0.05, 0.1) is 11.6 Å². The van der Waals surface area contributed by atoms with E-state index in [2.05, 4.69) is 20.8 Å². The third-order valence-electron chi connectivity index (χ3n) is 2.90. The fourth-order valence-electron chi connectivity index (χ4n) is 1.86. The minimum atomic E-state index is 0. The molecule has 0 aliphatic carbocycles. The van der Waals surface area contributed by atoms with Gasteiger partial charge in [0.1, 0.15) is 5.75 Å². The van der Waals surface area contributed by atoms with Gasteiger partial charge in [0.25, 0.3) is 0 Å². The molecule has 0 bridgehead atoms. The van der Waals surface area contributed by atoms with Crippen LogP contribution in [-0.2, 0) is 6.42 Å². The van der Waals surface area contributed by atoms with Crippen molar-refractivity contribution in [2.24, 2.45) is 5.73 Å². The largest absolute Gasteiger partial charge is 0.492 e. The topological polar surface area (TPSA) is 35.2 Å². The van der Waals surface area contributed by atoms with Gasteiger partial charge in [-0.2, -0.15) is 0 Å². The first-order chi connectivity index (χ1) is 7.97. The number of hydrogen-bond acceptors (Lipinski definition) is 2. The maximum Gasteiger partial charge on any atom is 0.141 e. The van der Waals surface area contributed by atoms with Crippen LogP contribution in [0, 0.1) is 13.8 Å². The van der Waals surface area contributed by atoms with Crippen LogP contribution >= 0.6 is 24.0 Å². The molecule has 0 saturated carbocycles. The summed E-state index contributed by atoms with van der Waals surface area (Å²) in [5.41, 5.74) is 9.41. The maximum atomic E-state index is 6.26. The third-order valence-corrected chi connectivity index (χ3v) is 3.18. The predicted molar refractivity (Wildman–Crippen MR) is 81.3 cm³/mol. The molecular formula is C14H23Cl2NO. The molecule has 18 heavy (non-hydrogen) atoms. The molecule has 0 amide bonds. The predicted octanol–water partition coefficient (Wildman–Crippen LogP) is 4.06. The van der Waals surface area contributed by atoms with Gasteiger partial charge in [-0.3, -0.25) is 0 Å². The molecule has 0 heterocycles. The fourth-order valence-corrected chi connectivity index (χ4v) is 2.19. The molecule has 0 radical (unpaired) electrons. The Hall–Kier alpha value is -0.440. The minimum absolute atomic E-state index is 0. The van der Waals surface area contributed by atoms with E-state index in [0.29, 0.717) is 11.6 Å². The molecule has 0 fully saturated rings. The average Bonchev–Trinajstić information content (AvgIpc) is 2.25. The molecular weight excluding hydrogens is 269 g/mol. The lowest BCUT2D eigenvalue weighted by atomic mass is 9.97. The van der Waals surface area contributed by atoms with Gasteiger partial charge in [-0.1, -0.05) is 18.5 Å². The molecule has 0 spiro atoms. The van der Waals surface area contributed by atoms with Gasteiger partial charge < -0.3 is 10.5 Å². The lowest BCUT2D eigenvalue weighted by Gasteiger charge is -2.17. The summed E-state index contributed by atoms with van der Waals surface area (Å²) in [6.45, 7) is 8.94. The summed E-state index contributed by atoms with van der Waals surface area (Å²) in [5, 5.41) is 0.692. The Labute approximate surface area is 121 Å². The van der Waals surface area contributed by atoms with Gasteiger partial charge in [-0.25, -0.2) is 0 Å². The van der Waals surface area contributed by atoms with E-state index in [0.717, 1.165) is 24.2 Å². The Morgan fingerprint density at radius 3 is 2.44 bits per heavy atom. The van der Waals surface area contributed by atoms with Crippen LogP contribution in [0.5, 0.6) is 5.75 Å². The van der Waals surface area contributed by atoms with Crippen LogP contribution in [0.1, 0.15) is 37.0 Å². The quantitative estimate of drug-likeness (QED) is 0.888. The summed E-state index contributed by atoms with van der Waals surface area (Å²) in [6, 6.07) is 2.13. The second kappa shape index (κ2) is 7.88. The van der Waals surface area contributed by atoms with Crippen molar-refractivity contribution in [3.05, 3.63) is 27.8 Å². The van der Waals surface area contributed by atoms with Gasteiger partial charge in [0.2, 0.25) is 0 Å². The first-order valence-electron chi connectivity index (χ1n) is 6.14. The van der Waals surface area contributed by atoms with Crippen molar-refractivity contribution in [2.45, 2.75) is 46.6 Å². The van der Waals surface area contributed by atoms with Crippen LogP contribution in [0.4, 0.5) is 0 Å². The highest BCUT2D eigenvalue weighted by Gasteiger charge is 2.13. The van der Waals surface area contributed by atoms with Crippen molar-refractivity contribution < 1.29 is 4.74 Å². The smallest absolute Gasteiger partial charge is 0.141 e. The van der Waals surface area contributed by atoms with Crippen molar-refractivity contribution in [3.63, 3.8) is 0 Å². The number of ether oxygens (including phenoxy) is 1. The number of hydrogen-bond donors (Lipinski definition) is 1. The molecule has 1 unspecified atom stereocenters. The first-order valence-corrected chi connectivity index (χ1v) is 6.52. The molecule has 1 aromatic rings. The van der Waals surface area contributed by atoms with Crippen LogP contribution < -0.4 is 10.5 Å². The molecule has 1 rings (SSSR count). The van der Waals surface area contributed by atoms with Gasteiger partial charge in [0, 0.05) is 6.04 Å². The molecule has 0 saturated heterocycles. The fraction of sp³-hybridized carbons (Fsp3) is 0.571. The van der Waals surface area contributed by atoms with E-state index in [4.69, 9.17) is 22.1 Å². The minimum Gasteiger partial charge on any atom is -0.492 e. The molecule has 4 heteroatoms. The zero-order valence-electron chi connectivity index (χ0n) is 11.5. The van der Waals surface area contributed by atoms with Crippen LogP contribution in [0.25, 0.3) is 0 Å². The highest BCUT2D eigenvalue weighted by Crippen LogP contribution is 2.33. The van der Waals surface area contributed by atoms with E-state index >= 15 is 0 Å². The Morgan fingerprint density at radius 2 is 1.94 bits per heavy atom. The second-order valence-electron chi connectivity index (χ2n) is 4.63. The Bertz CT molecular complexity index is 392. The third kappa shape index (κ3) is 4.34. The Morgan fingerprint density at radius 1 is 1.33 bits per heavy atom. The van der Waals surface area contributed by atoms with Crippen LogP contribution in [-0.4, -0.2) is 12.6 Å². The highest BCUT2D eigenvalue weighted by molar-refractivity contribution is 6.32. The van der Waals surface area contributed by atoms with Crippen molar-refractivity contribution in [1.29, 1.82) is 0 Å². The second-order valence-corrected chi connectivity index (χ2v) is 5.03. The lowest BCUT2D eigenvalue weighted by Crippen LogP contribution is -2.18. The normalized spacial score (nSPS) is 11.9. The number of nitrogens with two attached hydrogens (primary N) is 1. The Kier molecular flexibility index (Phi) is 7.69. The monoisotopic (exact) mass is 291 g/mol.